The number of nitrogens with zero attached hydrogens (tertiary/aromatic N) is 1. The Morgan fingerprint density at radius 2 is 1.96 bits per heavy atom. The lowest BCUT2D eigenvalue weighted by molar-refractivity contribution is -0.117. The van der Waals surface area contributed by atoms with E-state index in [4.69, 9.17) is 9.47 Å². The van der Waals surface area contributed by atoms with Crippen molar-refractivity contribution in [3.8, 4) is 11.5 Å². The van der Waals surface area contributed by atoms with E-state index >= 15 is 0 Å². The van der Waals surface area contributed by atoms with Crippen molar-refractivity contribution in [2.75, 3.05) is 44.5 Å². The third-order valence-corrected chi connectivity index (χ3v) is 5.70. The largest absolute Gasteiger partial charge is 0.493 e. The van der Waals surface area contributed by atoms with Gasteiger partial charge in [-0.05, 0) is 55.0 Å². The second-order valence-electron chi connectivity index (χ2n) is 6.33. The van der Waals surface area contributed by atoms with Crippen molar-refractivity contribution < 1.29 is 14.3 Å². The first-order valence-corrected chi connectivity index (χ1v) is 10.2. The molecule has 0 saturated heterocycles. The van der Waals surface area contributed by atoms with E-state index in [0.717, 1.165) is 54.4 Å². The lowest BCUT2D eigenvalue weighted by Crippen LogP contribution is -2.39. The summed E-state index contributed by atoms with van der Waals surface area (Å²) in [5.74, 6) is 2.62. The van der Waals surface area contributed by atoms with Crippen LogP contribution >= 0.6 is 11.8 Å². The molecule has 2 aromatic carbocycles. The van der Waals surface area contributed by atoms with E-state index in [9.17, 15) is 4.79 Å². The third kappa shape index (κ3) is 4.96. The van der Waals surface area contributed by atoms with Gasteiger partial charge in [0.25, 0.3) is 0 Å². The Morgan fingerprint density at radius 3 is 2.78 bits per heavy atom. The number of hydrogen-bond acceptors (Lipinski definition) is 5. The highest BCUT2D eigenvalue weighted by Crippen LogP contribution is 2.33. The normalized spacial score (nSPS) is 13.6. The topological polar surface area (TPSA) is 50.8 Å². The molecule has 0 fully saturated rings. The summed E-state index contributed by atoms with van der Waals surface area (Å²) in [6, 6.07) is 14.1. The van der Waals surface area contributed by atoms with Crippen LogP contribution in [-0.4, -0.2) is 45.5 Å². The predicted molar refractivity (Wildman–Crippen MR) is 110 cm³/mol. The van der Waals surface area contributed by atoms with Crippen molar-refractivity contribution >= 4 is 23.4 Å². The van der Waals surface area contributed by atoms with E-state index in [1.54, 1.807) is 14.2 Å². The summed E-state index contributed by atoms with van der Waals surface area (Å²) >= 11 is 1.83. The van der Waals surface area contributed by atoms with Gasteiger partial charge in [-0.1, -0.05) is 18.2 Å². The molecule has 3 rings (SSSR count). The fourth-order valence-electron chi connectivity index (χ4n) is 3.15. The molecule has 0 aromatic heterocycles. The number of hydrogen-bond donors (Lipinski definition) is 1. The monoisotopic (exact) mass is 386 g/mol. The number of carbonyl (C=O) groups excluding carboxylic acids is 1. The first-order chi connectivity index (χ1) is 13.2. The van der Waals surface area contributed by atoms with Crippen LogP contribution in [0.25, 0.3) is 0 Å². The fraction of sp³-hybridized carbons (Fsp3) is 0.381. The molecule has 144 valence electrons. The van der Waals surface area contributed by atoms with Crippen molar-refractivity contribution in [3.05, 3.63) is 48.0 Å². The Labute approximate surface area is 165 Å². The number of fused-ring (bicyclic) bond motifs is 1. The zero-order chi connectivity index (χ0) is 19.1. The number of para-hydroxylation sites is 1. The minimum absolute atomic E-state index is 0.122. The molecule has 1 aliphatic heterocycles. The van der Waals surface area contributed by atoms with Gasteiger partial charge in [-0.3, -0.25) is 4.79 Å². The maximum Gasteiger partial charge on any atom is 0.240 e. The van der Waals surface area contributed by atoms with Gasteiger partial charge < -0.3 is 19.7 Å². The number of ether oxygens (including phenoxy) is 2. The lowest BCUT2D eigenvalue weighted by atomic mass is 10.1. The number of benzene rings is 2. The summed E-state index contributed by atoms with van der Waals surface area (Å²) in [7, 11) is 3.26. The average molecular weight is 387 g/mol. The van der Waals surface area contributed by atoms with Crippen molar-refractivity contribution in [3.63, 3.8) is 0 Å². The van der Waals surface area contributed by atoms with E-state index in [1.807, 2.05) is 53.1 Å². The van der Waals surface area contributed by atoms with E-state index in [2.05, 4.69) is 11.4 Å². The van der Waals surface area contributed by atoms with Crippen LogP contribution in [0.5, 0.6) is 11.5 Å². The van der Waals surface area contributed by atoms with Crippen LogP contribution < -0.4 is 19.7 Å². The predicted octanol–water partition coefficient (Wildman–Crippen LogP) is 3.36. The fourth-order valence-corrected chi connectivity index (χ4v) is 4.14. The Bertz CT molecular complexity index is 782. The molecule has 0 unspecified atom stereocenters. The van der Waals surface area contributed by atoms with Gasteiger partial charge in [-0.2, -0.15) is 0 Å². The summed E-state index contributed by atoms with van der Waals surface area (Å²) in [6.45, 7) is 1.85. The number of carbonyl (C=O) groups is 1. The lowest BCUT2D eigenvalue weighted by Gasteiger charge is -2.22. The van der Waals surface area contributed by atoms with Gasteiger partial charge in [0.1, 0.15) is 0 Å². The quantitative estimate of drug-likeness (QED) is 0.740. The molecule has 1 amide bonds. The summed E-state index contributed by atoms with van der Waals surface area (Å²) in [5, 5.41) is 3.28. The van der Waals surface area contributed by atoms with E-state index in [-0.39, 0.29) is 5.91 Å². The zero-order valence-corrected chi connectivity index (χ0v) is 16.7. The minimum Gasteiger partial charge on any atom is -0.493 e. The van der Waals surface area contributed by atoms with Crippen molar-refractivity contribution in [2.45, 2.75) is 17.7 Å². The Balaban J connectivity index is 1.53. The van der Waals surface area contributed by atoms with Crippen molar-refractivity contribution in [1.29, 1.82) is 0 Å². The molecule has 1 heterocycles. The average Bonchev–Trinajstić information content (AvgIpc) is 2.93. The zero-order valence-electron chi connectivity index (χ0n) is 15.9. The highest BCUT2D eigenvalue weighted by molar-refractivity contribution is 7.99. The second kappa shape index (κ2) is 9.67. The molecule has 5 nitrogen and oxygen atoms in total. The third-order valence-electron chi connectivity index (χ3n) is 4.56. The van der Waals surface area contributed by atoms with E-state index < -0.39 is 0 Å². The summed E-state index contributed by atoms with van der Waals surface area (Å²) in [4.78, 5) is 15.8. The molecular weight excluding hydrogens is 360 g/mol. The highest BCUT2D eigenvalue weighted by atomic mass is 32.2. The molecule has 0 spiro atoms. The van der Waals surface area contributed by atoms with Crippen LogP contribution in [0.15, 0.2) is 47.4 Å². The van der Waals surface area contributed by atoms with Crippen LogP contribution in [0.3, 0.4) is 0 Å². The van der Waals surface area contributed by atoms with Crippen LogP contribution in [0.2, 0.25) is 0 Å². The first kappa shape index (κ1) is 19.6. The van der Waals surface area contributed by atoms with Crippen LogP contribution in [-0.2, 0) is 11.2 Å². The molecule has 0 bridgehead atoms. The van der Waals surface area contributed by atoms with Gasteiger partial charge in [-0.15, -0.1) is 11.8 Å². The number of thioether (sulfide) groups is 1. The number of rotatable bonds is 7. The standard InChI is InChI=1S/C21H26N2O3S/c1-25-18-9-8-16(14-19(18)26-2)10-11-22-15-21(24)23-12-5-13-27-20-7-4-3-6-17(20)23/h3-4,6-9,14,22H,5,10-13,15H2,1-2H3. The number of anilines is 1. The molecule has 0 atom stereocenters. The van der Waals surface area contributed by atoms with Crippen molar-refractivity contribution in [2.24, 2.45) is 0 Å². The Hall–Kier alpha value is -2.18. The van der Waals surface area contributed by atoms with Crippen LogP contribution in [0.4, 0.5) is 5.69 Å². The molecule has 2 aromatic rings. The van der Waals surface area contributed by atoms with Crippen LogP contribution in [0.1, 0.15) is 12.0 Å². The second-order valence-corrected chi connectivity index (χ2v) is 7.47. The van der Waals surface area contributed by atoms with Gasteiger partial charge in [-0.25, -0.2) is 0 Å². The van der Waals surface area contributed by atoms with Gasteiger partial charge in [0.15, 0.2) is 11.5 Å². The van der Waals surface area contributed by atoms with Gasteiger partial charge in [0, 0.05) is 11.4 Å². The molecule has 0 radical (unpaired) electrons. The molecular formula is C21H26N2O3S. The summed E-state index contributed by atoms with van der Waals surface area (Å²) < 4.78 is 10.6. The highest BCUT2D eigenvalue weighted by Gasteiger charge is 2.20. The van der Waals surface area contributed by atoms with Crippen molar-refractivity contribution in [1.82, 2.24) is 5.32 Å². The molecule has 6 heteroatoms. The Kier molecular flexibility index (Phi) is 7.01. The summed E-state index contributed by atoms with van der Waals surface area (Å²) in [5.41, 5.74) is 2.18. The molecule has 0 saturated carbocycles. The number of methoxy groups -OCH3 is 2. The molecule has 27 heavy (non-hydrogen) atoms. The van der Waals surface area contributed by atoms with Gasteiger partial charge in [0.2, 0.25) is 5.91 Å². The molecule has 1 N–H and O–H groups in total. The van der Waals surface area contributed by atoms with E-state index in [0.29, 0.717) is 6.54 Å². The Morgan fingerprint density at radius 1 is 1.15 bits per heavy atom. The number of amides is 1. The smallest absolute Gasteiger partial charge is 0.240 e. The summed E-state index contributed by atoms with van der Waals surface area (Å²) in [6.07, 6.45) is 1.83. The maximum absolute atomic E-state index is 12.7. The van der Waals surface area contributed by atoms with Crippen LogP contribution in [0, 0.1) is 0 Å². The molecule has 1 aliphatic rings. The van der Waals surface area contributed by atoms with Gasteiger partial charge >= 0.3 is 0 Å². The molecule has 0 aliphatic carbocycles. The first-order valence-electron chi connectivity index (χ1n) is 9.16. The number of nitrogens with one attached hydrogen (secondary N) is 1. The SMILES string of the molecule is COc1ccc(CCNCC(=O)N2CCCSc3ccccc32)cc1OC. The van der Waals surface area contributed by atoms with E-state index in [1.165, 1.54) is 4.90 Å². The maximum atomic E-state index is 12.7. The minimum atomic E-state index is 0.122. The van der Waals surface area contributed by atoms with Gasteiger partial charge in [0.05, 0.1) is 26.5 Å².